The number of piperidine rings is 1. The summed E-state index contributed by atoms with van der Waals surface area (Å²) < 4.78 is 0. The van der Waals surface area contributed by atoms with Crippen LogP contribution in [0, 0.1) is 5.92 Å². The Kier molecular flexibility index (Phi) is 4.99. The molecule has 0 aromatic rings. The van der Waals surface area contributed by atoms with Crippen molar-refractivity contribution in [2.24, 2.45) is 5.92 Å². The van der Waals surface area contributed by atoms with E-state index < -0.39 is 0 Å². The van der Waals surface area contributed by atoms with Crippen LogP contribution in [0.3, 0.4) is 0 Å². The highest BCUT2D eigenvalue weighted by Crippen LogP contribution is 2.14. The lowest BCUT2D eigenvalue weighted by atomic mass is 10.0. The minimum absolute atomic E-state index is 0.380. The fourth-order valence-corrected chi connectivity index (χ4v) is 1.88. The normalized spacial score (nSPS) is 19.4. The van der Waals surface area contributed by atoms with Gasteiger partial charge in [0.15, 0.2) is 0 Å². The number of amides is 1. The van der Waals surface area contributed by atoms with Gasteiger partial charge in [-0.1, -0.05) is 20.3 Å². The molecule has 2 heteroatoms. The van der Waals surface area contributed by atoms with Crippen LogP contribution in [0.15, 0.2) is 0 Å². The van der Waals surface area contributed by atoms with Gasteiger partial charge in [0, 0.05) is 19.5 Å². The molecule has 0 aromatic heterocycles. The Morgan fingerprint density at radius 3 is 2.50 bits per heavy atom. The van der Waals surface area contributed by atoms with Gasteiger partial charge in [0.1, 0.15) is 0 Å². The zero-order chi connectivity index (χ0) is 10.4. The maximum absolute atomic E-state index is 11.7. The quantitative estimate of drug-likeness (QED) is 0.678. The van der Waals surface area contributed by atoms with Crippen molar-refractivity contribution in [3.63, 3.8) is 0 Å². The van der Waals surface area contributed by atoms with E-state index in [1.54, 1.807) is 0 Å². The minimum atomic E-state index is 0.380. The molecule has 0 aromatic carbocycles. The maximum atomic E-state index is 11.7. The molecule has 0 saturated carbocycles. The molecule has 1 heterocycles. The van der Waals surface area contributed by atoms with Crippen LogP contribution in [0.5, 0.6) is 0 Å². The molecule has 0 N–H and O–H groups in total. The van der Waals surface area contributed by atoms with Crippen LogP contribution < -0.4 is 0 Å². The summed E-state index contributed by atoms with van der Waals surface area (Å²) in [5, 5.41) is 0. The van der Waals surface area contributed by atoms with Gasteiger partial charge in [-0.2, -0.15) is 0 Å². The van der Waals surface area contributed by atoms with Gasteiger partial charge in [-0.25, -0.2) is 0 Å². The zero-order valence-electron chi connectivity index (χ0n) is 9.59. The van der Waals surface area contributed by atoms with Crippen molar-refractivity contribution in [2.75, 3.05) is 13.1 Å². The molecular weight excluding hydrogens is 174 g/mol. The van der Waals surface area contributed by atoms with E-state index in [1.165, 1.54) is 25.7 Å². The van der Waals surface area contributed by atoms with Crippen molar-refractivity contribution in [1.82, 2.24) is 4.90 Å². The lowest BCUT2D eigenvalue weighted by molar-refractivity contribution is -0.132. The molecule has 14 heavy (non-hydrogen) atoms. The smallest absolute Gasteiger partial charge is 0.222 e. The number of rotatable bonds is 4. The summed E-state index contributed by atoms with van der Waals surface area (Å²) in [6.07, 6.45) is 6.72. The number of likely N-dealkylation sites (tertiary alicyclic amines) is 1. The summed E-state index contributed by atoms with van der Waals surface area (Å²) in [7, 11) is 0. The first-order valence-corrected chi connectivity index (χ1v) is 6.01. The molecule has 1 fully saturated rings. The van der Waals surface area contributed by atoms with Gasteiger partial charge in [-0.3, -0.25) is 4.79 Å². The average Bonchev–Trinajstić information content (AvgIpc) is 2.26. The summed E-state index contributed by atoms with van der Waals surface area (Å²) in [5.74, 6) is 1.08. The highest BCUT2D eigenvalue weighted by atomic mass is 16.2. The van der Waals surface area contributed by atoms with Crippen LogP contribution in [0.4, 0.5) is 0 Å². The van der Waals surface area contributed by atoms with E-state index in [0.29, 0.717) is 11.8 Å². The van der Waals surface area contributed by atoms with Gasteiger partial charge in [0.25, 0.3) is 0 Å². The van der Waals surface area contributed by atoms with Crippen LogP contribution in [0.25, 0.3) is 0 Å². The predicted molar refractivity (Wildman–Crippen MR) is 59.1 cm³/mol. The van der Waals surface area contributed by atoms with Crippen LogP contribution in [-0.4, -0.2) is 23.9 Å². The topological polar surface area (TPSA) is 20.3 Å². The SMILES string of the molecule is CCC(C)CCC(=O)N1CCCCC1. The Balaban J connectivity index is 2.19. The second-order valence-electron chi connectivity index (χ2n) is 4.49. The van der Waals surface area contributed by atoms with Gasteiger partial charge < -0.3 is 4.90 Å². The fourth-order valence-electron chi connectivity index (χ4n) is 1.88. The van der Waals surface area contributed by atoms with Crippen LogP contribution in [0.2, 0.25) is 0 Å². The molecule has 0 radical (unpaired) electrons. The van der Waals surface area contributed by atoms with Gasteiger partial charge >= 0.3 is 0 Å². The Hall–Kier alpha value is -0.530. The molecule has 1 aliphatic rings. The van der Waals surface area contributed by atoms with Crippen LogP contribution in [0.1, 0.15) is 52.4 Å². The van der Waals surface area contributed by atoms with E-state index in [0.717, 1.165) is 25.9 Å². The Morgan fingerprint density at radius 1 is 1.29 bits per heavy atom. The minimum Gasteiger partial charge on any atom is -0.343 e. The molecule has 0 aliphatic carbocycles. The summed E-state index contributed by atoms with van der Waals surface area (Å²) in [6.45, 7) is 6.41. The van der Waals surface area contributed by atoms with Crippen LogP contribution in [-0.2, 0) is 4.79 Å². The molecular formula is C12H23NO. The molecule has 2 nitrogen and oxygen atoms in total. The van der Waals surface area contributed by atoms with Crippen molar-refractivity contribution in [1.29, 1.82) is 0 Å². The highest BCUT2D eigenvalue weighted by Gasteiger charge is 2.16. The van der Waals surface area contributed by atoms with E-state index in [-0.39, 0.29) is 0 Å². The first kappa shape index (κ1) is 11.5. The number of hydrogen-bond acceptors (Lipinski definition) is 1. The van der Waals surface area contributed by atoms with E-state index in [1.807, 2.05) is 4.90 Å². The van der Waals surface area contributed by atoms with Crippen molar-refractivity contribution in [2.45, 2.75) is 52.4 Å². The van der Waals surface area contributed by atoms with E-state index >= 15 is 0 Å². The lowest BCUT2D eigenvalue weighted by Gasteiger charge is -2.27. The molecule has 1 rings (SSSR count). The molecule has 1 atom stereocenters. The third kappa shape index (κ3) is 3.69. The number of carbonyl (C=O) groups excluding carboxylic acids is 1. The summed E-state index contributed by atoms with van der Waals surface area (Å²) in [5.41, 5.74) is 0. The standard InChI is InChI=1S/C12H23NO/c1-3-11(2)7-8-12(14)13-9-5-4-6-10-13/h11H,3-10H2,1-2H3. The lowest BCUT2D eigenvalue weighted by Crippen LogP contribution is -2.35. The van der Waals surface area contributed by atoms with Crippen LogP contribution >= 0.6 is 0 Å². The van der Waals surface area contributed by atoms with Gasteiger partial charge in [0.05, 0.1) is 0 Å². The van der Waals surface area contributed by atoms with Gasteiger partial charge in [0.2, 0.25) is 5.91 Å². The van der Waals surface area contributed by atoms with Crippen molar-refractivity contribution >= 4 is 5.91 Å². The average molecular weight is 197 g/mol. The first-order chi connectivity index (χ1) is 6.74. The fraction of sp³-hybridized carbons (Fsp3) is 0.917. The molecule has 1 aliphatic heterocycles. The molecule has 1 amide bonds. The second-order valence-corrected chi connectivity index (χ2v) is 4.49. The Morgan fingerprint density at radius 2 is 1.93 bits per heavy atom. The molecule has 82 valence electrons. The Bertz CT molecular complexity index is 173. The van der Waals surface area contributed by atoms with E-state index in [9.17, 15) is 4.79 Å². The largest absolute Gasteiger partial charge is 0.343 e. The monoisotopic (exact) mass is 197 g/mol. The van der Waals surface area contributed by atoms with Crippen molar-refractivity contribution in [3.05, 3.63) is 0 Å². The van der Waals surface area contributed by atoms with Gasteiger partial charge in [-0.15, -0.1) is 0 Å². The molecule has 1 unspecified atom stereocenters. The van der Waals surface area contributed by atoms with Crippen molar-refractivity contribution < 1.29 is 4.79 Å². The highest BCUT2D eigenvalue weighted by molar-refractivity contribution is 5.76. The third-order valence-electron chi connectivity index (χ3n) is 3.26. The first-order valence-electron chi connectivity index (χ1n) is 6.01. The summed E-state index contributed by atoms with van der Waals surface area (Å²) in [4.78, 5) is 13.8. The third-order valence-corrected chi connectivity index (χ3v) is 3.26. The zero-order valence-corrected chi connectivity index (χ0v) is 9.59. The second kappa shape index (κ2) is 6.05. The number of carbonyl (C=O) groups is 1. The molecule has 0 bridgehead atoms. The summed E-state index contributed by atoms with van der Waals surface area (Å²) in [6, 6.07) is 0. The summed E-state index contributed by atoms with van der Waals surface area (Å²) >= 11 is 0. The number of nitrogens with zero attached hydrogens (tertiary/aromatic N) is 1. The predicted octanol–water partition coefficient (Wildman–Crippen LogP) is 2.83. The van der Waals surface area contributed by atoms with E-state index in [4.69, 9.17) is 0 Å². The Labute approximate surface area is 87.7 Å². The van der Waals surface area contributed by atoms with E-state index in [2.05, 4.69) is 13.8 Å². The number of hydrogen-bond donors (Lipinski definition) is 0. The molecule has 0 spiro atoms. The van der Waals surface area contributed by atoms with Gasteiger partial charge in [-0.05, 0) is 31.6 Å². The van der Waals surface area contributed by atoms with Crippen molar-refractivity contribution in [3.8, 4) is 0 Å². The molecule has 1 saturated heterocycles. The maximum Gasteiger partial charge on any atom is 0.222 e.